The van der Waals surface area contributed by atoms with Crippen molar-refractivity contribution < 1.29 is 5.11 Å². The molecule has 1 aromatic carbocycles. The Balaban J connectivity index is 1.93. The average Bonchev–Trinajstić information content (AvgIpc) is 2.95. The van der Waals surface area contributed by atoms with Gasteiger partial charge < -0.3 is 10.4 Å². The summed E-state index contributed by atoms with van der Waals surface area (Å²) in [6, 6.07) is 15.6. The monoisotopic (exact) mass is 253 g/mol. The first kappa shape index (κ1) is 11.7. The third-order valence-corrected chi connectivity index (χ3v) is 3.13. The highest BCUT2D eigenvalue weighted by Gasteiger charge is 2.11. The van der Waals surface area contributed by atoms with Crippen LogP contribution >= 0.6 is 0 Å². The van der Waals surface area contributed by atoms with Crippen LogP contribution in [-0.4, -0.2) is 21.1 Å². The SMILES string of the molecule is OCC(Nc1cccc2nccn12)c1ccccc1. The lowest BCUT2D eigenvalue weighted by atomic mass is 10.1. The maximum Gasteiger partial charge on any atom is 0.138 e. The zero-order chi connectivity index (χ0) is 13.1. The fourth-order valence-corrected chi connectivity index (χ4v) is 2.16. The van der Waals surface area contributed by atoms with E-state index >= 15 is 0 Å². The van der Waals surface area contributed by atoms with Crippen LogP contribution in [0, 0.1) is 0 Å². The van der Waals surface area contributed by atoms with Crippen molar-refractivity contribution in [2.24, 2.45) is 0 Å². The van der Waals surface area contributed by atoms with Crippen LogP contribution in [0.25, 0.3) is 5.65 Å². The van der Waals surface area contributed by atoms with Gasteiger partial charge in [-0.15, -0.1) is 0 Å². The lowest BCUT2D eigenvalue weighted by molar-refractivity contribution is 0.276. The zero-order valence-corrected chi connectivity index (χ0v) is 10.4. The molecule has 0 saturated heterocycles. The van der Waals surface area contributed by atoms with Crippen molar-refractivity contribution in [3.63, 3.8) is 0 Å². The summed E-state index contributed by atoms with van der Waals surface area (Å²) < 4.78 is 1.96. The van der Waals surface area contributed by atoms with Crippen LogP contribution in [0.15, 0.2) is 60.9 Å². The van der Waals surface area contributed by atoms with Crippen molar-refractivity contribution >= 4 is 11.5 Å². The Kier molecular flexibility index (Phi) is 3.16. The molecule has 4 nitrogen and oxygen atoms in total. The van der Waals surface area contributed by atoms with Crippen molar-refractivity contribution in [3.8, 4) is 0 Å². The molecule has 3 aromatic rings. The highest BCUT2D eigenvalue weighted by Crippen LogP contribution is 2.19. The maximum absolute atomic E-state index is 9.58. The first-order chi connectivity index (χ1) is 9.38. The van der Waals surface area contributed by atoms with Gasteiger partial charge in [-0.1, -0.05) is 36.4 Å². The van der Waals surface area contributed by atoms with Gasteiger partial charge in [0.15, 0.2) is 0 Å². The lowest BCUT2D eigenvalue weighted by Crippen LogP contribution is -2.16. The number of hydrogen-bond donors (Lipinski definition) is 2. The standard InChI is InChI=1S/C15H15N3O/c19-11-13(12-5-2-1-3-6-12)17-15-8-4-7-14-16-9-10-18(14)15/h1-10,13,17,19H,11H2. The van der Waals surface area contributed by atoms with E-state index in [1.165, 1.54) is 0 Å². The molecule has 0 bridgehead atoms. The minimum absolute atomic E-state index is 0.0368. The largest absolute Gasteiger partial charge is 0.394 e. The minimum Gasteiger partial charge on any atom is -0.394 e. The Morgan fingerprint density at radius 1 is 1.11 bits per heavy atom. The summed E-state index contributed by atoms with van der Waals surface area (Å²) in [7, 11) is 0. The summed E-state index contributed by atoms with van der Waals surface area (Å²) in [6.45, 7) is 0.0368. The van der Waals surface area contributed by atoms with E-state index in [9.17, 15) is 5.11 Å². The molecule has 0 fully saturated rings. The van der Waals surface area contributed by atoms with Crippen molar-refractivity contribution in [1.82, 2.24) is 9.38 Å². The summed E-state index contributed by atoms with van der Waals surface area (Å²) in [4.78, 5) is 4.25. The predicted octanol–water partition coefficient (Wildman–Crippen LogP) is 2.48. The fraction of sp³-hybridized carbons (Fsp3) is 0.133. The number of aliphatic hydroxyl groups excluding tert-OH is 1. The topological polar surface area (TPSA) is 49.6 Å². The first-order valence-electron chi connectivity index (χ1n) is 6.23. The molecule has 0 radical (unpaired) electrons. The molecule has 0 aliphatic carbocycles. The predicted molar refractivity (Wildman–Crippen MR) is 75.1 cm³/mol. The fourth-order valence-electron chi connectivity index (χ4n) is 2.16. The molecule has 0 aliphatic heterocycles. The van der Waals surface area contributed by atoms with E-state index in [1.807, 2.05) is 59.1 Å². The van der Waals surface area contributed by atoms with Gasteiger partial charge in [-0.3, -0.25) is 4.40 Å². The van der Waals surface area contributed by atoms with Gasteiger partial charge in [-0.2, -0.15) is 0 Å². The van der Waals surface area contributed by atoms with Crippen LogP contribution in [0.2, 0.25) is 0 Å². The summed E-state index contributed by atoms with van der Waals surface area (Å²) in [5.41, 5.74) is 1.94. The second-order valence-corrected chi connectivity index (χ2v) is 4.36. The molecule has 0 amide bonds. The number of anilines is 1. The van der Waals surface area contributed by atoms with E-state index in [1.54, 1.807) is 6.20 Å². The Bertz CT molecular complexity index is 663. The molecule has 2 heterocycles. The van der Waals surface area contributed by atoms with Crippen LogP contribution in [0.4, 0.5) is 5.82 Å². The molecule has 2 N–H and O–H groups in total. The number of aliphatic hydroxyl groups is 1. The molecule has 0 spiro atoms. The molecule has 1 unspecified atom stereocenters. The molecular weight excluding hydrogens is 238 g/mol. The number of nitrogens with zero attached hydrogens (tertiary/aromatic N) is 2. The van der Waals surface area contributed by atoms with Gasteiger partial charge in [0.05, 0.1) is 12.6 Å². The number of fused-ring (bicyclic) bond motifs is 1. The summed E-state index contributed by atoms with van der Waals surface area (Å²) >= 11 is 0. The molecule has 2 aromatic heterocycles. The van der Waals surface area contributed by atoms with Crippen LogP contribution in [-0.2, 0) is 0 Å². The van der Waals surface area contributed by atoms with Crippen molar-refractivity contribution in [3.05, 3.63) is 66.5 Å². The molecule has 96 valence electrons. The third kappa shape index (κ3) is 2.30. The van der Waals surface area contributed by atoms with Crippen LogP contribution in [0.1, 0.15) is 11.6 Å². The average molecular weight is 253 g/mol. The van der Waals surface area contributed by atoms with E-state index in [4.69, 9.17) is 0 Å². The second-order valence-electron chi connectivity index (χ2n) is 4.36. The van der Waals surface area contributed by atoms with Gasteiger partial charge >= 0.3 is 0 Å². The Hall–Kier alpha value is -2.33. The Morgan fingerprint density at radius 3 is 2.74 bits per heavy atom. The summed E-state index contributed by atoms with van der Waals surface area (Å²) in [6.07, 6.45) is 3.66. The number of imidazole rings is 1. The van der Waals surface area contributed by atoms with Gasteiger partial charge in [-0.05, 0) is 17.7 Å². The molecule has 1 atom stereocenters. The summed E-state index contributed by atoms with van der Waals surface area (Å²) in [5.74, 6) is 0.915. The minimum atomic E-state index is -0.130. The zero-order valence-electron chi connectivity index (χ0n) is 10.4. The highest BCUT2D eigenvalue weighted by molar-refractivity contribution is 5.51. The van der Waals surface area contributed by atoms with Crippen LogP contribution in [0.3, 0.4) is 0 Å². The number of hydrogen-bond acceptors (Lipinski definition) is 3. The number of pyridine rings is 1. The van der Waals surface area contributed by atoms with Crippen LogP contribution < -0.4 is 5.32 Å². The maximum atomic E-state index is 9.58. The number of benzene rings is 1. The third-order valence-electron chi connectivity index (χ3n) is 3.13. The lowest BCUT2D eigenvalue weighted by Gasteiger charge is -2.18. The normalized spacial score (nSPS) is 12.5. The van der Waals surface area contributed by atoms with Crippen LogP contribution in [0.5, 0.6) is 0 Å². The van der Waals surface area contributed by atoms with Gasteiger partial charge in [0.2, 0.25) is 0 Å². The first-order valence-corrected chi connectivity index (χ1v) is 6.23. The van der Waals surface area contributed by atoms with E-state index < -0.39 is 0 Å². The van der Waals surface area contributed by atoms with Gasteiger partial charge in [-0.25, -0.2) is 4.98 Å². The van der Waals surface area contributed by atoms with E-state index in [0.29, 0.717) is 0 Å². The molecule has 0 aliphatic rings. The number of rotatable bonds is 4. The molecule has 4 heteroatoms. The van der Waals surface area contributed by atoms with E-state index in [-0.39, 0.29) is 12.6 Å². The molecule has 0 saturated carbocycles. The quantitative estimate of drug-likeness (QED) is 0.751. The van der Waals surface area contributed by atoms with Crippen molar-refractivity contribution in [1.29, 1.82) is 0 Å². The van der Waals surface area contributed by atoms with Gasteiger partial charge in [0.1, 0.15) is 11.5 Å². The Labute approximate surface area is 111 Å². The molecule has 3 rings (SSSR count). The van der Waals surface area contributed by atoms with Crippen molar-refractivity contribution in [2.75, 3.05) is 11.9 Å². The number of nitrogens with one attached hydrogen (secondary N) is 1. The van der Waals surface area contributed by atoms with E-state index in [0.717, 1.165) is 17.0 Å². The molecule has 19 heavy (non-hydrogen) atoms. The molecular formula is C15H15N3O. The number of aromatic nitrogens is 2. The van der Waals surface area contributed by atoms with Gasteiger partial charge in [0.25, 0.3) is 0 Å². The van der Waals surface area contributed by atoms with Crippen molar-refractivity contribution in [2.45, 2.75) is 6.04 Å². The second kappa shape index (κ2) is 5.12. The summed E-state index contributed by atoms with van der Waals surface area (Å²) in [5, 5.41) is 12.9. The van der Waals surface area contributed by atoms with Gasteiger partial charge in [0, 0.05) is 12.4 Å². The Morgan fingerprint density at radius 2 is 1.95 bits per heavy atom. The van der Waals surface area contributed by atoms with E-state index in [2.05, 4.69) is 10.3 Å². The smallest absolute Gasteiger partial charge is 0.138 e. The highest BCUT2D eigenvalue weighted by atomic mass is 16.3.